The molecule has 1 aromatic carbocycles. The normalized spacial score (nSPS) is 14.5. The van der Waals surface area contributed by atoms with Crippen LogP contribution in [-0.4, -0.2) is 35.5 Å². The van der Waals surface area contributed by atoms with Gasteiger partial charge in [-0.15, -0.1) is 0 Å². The molecule has 0 aromatic heterocycles. The van der Waals surface area contributed by atoms with Gasteiger partial charge in [0.25, 0.3) is 5.91 Å². The van der Waals surface area contributed by atoms with Crippen molar-refractivity contribution in [3.8, 4) is 0 Å². The van der Waals surface area contributed by atoms with Crippen LogP contribution in [-0.2, 0) is 16.0 Å². The monoisotopic (exact) mass is 318 g/mol. The minimum Gasteiger partial charge on any atom is -0.480 e. The third kappa shape index (κ3) is 3.88. The smallest absolute Gasteiger partial charge is 0.326 e. The van der Waals surface area contributed by atoms with Crippen LogP contribution in [0.15, 0.2) is 18.2 Å². The van der Waals surface area contributed by atoms with Crippen molar-refractivity contribution in [3.63, 3.8) is 0 Å². The lowest BCUT2D eigenvalue weighted by Crippen LogP contribution is -2.41. The first kappa shape index (κ1) is 17.0. The van der Waals surface area contributed by atoms with Crippen molar-refractivity contribution in [1.82, 2.24) is 5.32 Å². The van der Waals surface area contributed by atoms with Crippen LogP contribution in [0, 0.1) is 5.92 Å². The first-order valence-electron chi connectivity index (χ1n) is 7.74. The van der Waals surface area contributed by atoms with Crippen molar-refractivity contribution in [3.05, 3.63) is 29.3 Å². The first-order chi connectivity index (χ1) is 10.8. The Morgan fingerprint density at radius 1 is 1.30 bits per heavy atom. The second-order valence-corrected chi connectivity index (χ2v) is 6.26. The van der Waals surface area contributed by atoms with Gasteiger partial charge in [-0.1, -0.05) is 13.8 Å². The summed E-state index contributed by atoms with van der Waals surface area (Å²) in [4.78, 5) is 36.8. The highest BCUT2D eigenvalue weighted by molar-refractivity contribution is 5.99. The number of carboxylic acid groups (broad SMARTS) is 1. The molecule has 6 nitrogen and oxygen atoms in total. The third-order valence-electron chi connectivity index (χ3n) is 3.93. The van der Waals surface area contributed by atoms with Crippen molar-refractivity contribution in [2.45, 2.75) is 39.7 Å². The van der Waals surface area contributed by atoms with Crippen LogP contribution < -0.4 is 10.2 Å². The fraction of sp³-hybridized carbons (Fsp3) is 0.471. The number of anilines is 1. The molecule has 0 radical (unpaired) electrons. The molecule has 1 aliphatic heterocycles. The van der Waals surface area contributed by atoms with Gasteiger partial charge < -0.3 is 15.3 Å². The predicted molar refractivity (Wildman–Crippen MR) is 86.5 cm³/mol. The number of aliphatic carboxylic acids is 1. The van der Waals surface area contributed by atoms with Crippen molar-refractivity contribution in [2.75, 3.05) is 11.4 Å². The predicted octanol–water partition coefficient (Wildman–Crippen LogP) is 1.82. The van der Waals surface area contributed by atoms with E-state index in [0.717, 1.165) is 11.3 Å². The van der Waals surface area contributed by atoms with Gasteiger partial charge in [0, 0.05) is 24.7 Å². The van der Waals surface area contributed by atoms with E-state index in [-0.39, 0.29) is 11.8 Å². The molecule has 0 spiro atoms. The van der Waals surface area contributed by atoms with Crippen LogP contribution in [0.4, 0.5) is 5.69 Å². The molecule has 1 aliphatic rings. The maximum absolute atomic E-state index is 12.3. The second kappa shape index (κ2) is 6.81. The van der Waals surface area contributed by atoms with E-state index in [1.165, 1.54) is 6.92 Å². The molecule has 0 aliphatic carbocycles. The van der Waals surface area contributed by atoms with E-state index >= 15 is 0 Å². The summed E-state index contributed by atoms with van der Waals surface area (Å²) in [7, 11) is 0. The number of rotatable bonds is 5. The van der Waals surface area contributed by atoms with E-state index in [1.54, 1.807) is 23.1 Å². The molecule has 2 N–H and O–H groups in total. The molecule has 0 saturated heterocycles. The number of carboxylic acids is 1. The fourth-order valence-electron chi connectivity index (χ4n) is 2.80. The summed E-state index contributed by atoms with van der Waals surface area (Å²) in [6.45, 7) is 5.95. The van der Waals surface area contributed by atoms with Crippen LogP contribution >= 0.6 is 0 Å². The summed E-state index contributed by atoms with van der Waals surface area (Å²) in [5.41, 5.74) is 2.18. The zero-order valence-corrected chi connectivity index (χ0v) is 13.6. The molecular weight excluding hydrogens is 296 g/mol. The number of benzene rings is 1. The van der Waals surface area contributed by atoms with Crippen LogP contribution in [0.1, 0.15) is 43.1 Å². The molecule has 6 heteroatoms. The van der Waals surface area contributed by atoms with Gasteiger partial charge in [-0.25, -0.2) is 4.79 Å². The van der Waals surface area contributed by atoms with Crippen molar-refractivity contribution < 1.29 is 19.5 Å². The fourth-order valence-corrected chi connectivity index (χ4v) is 2.80. The van der Waals surface area contributed by atoms with Crippen molar-refractivity contribution in [2.24, 2.45) is 5.92 Å². The molecule has 2 rings (SSSR count). The number of carbonyl (C=O) groups excluding carboxylic acids is 2. The van der Waals surface area contributed by atoms with E-state index < -0.39 is 17.9 Å². The number of nitrogens with zero attached hydrogens (tertiary/aromatic N) is 1. The zero-order valence-electron chi connectivity index (χ0n) is 13.6. The Hall–Kier alpha value is -2.37. The van der Waals surface area contributed by atoms with E-state index in [9.17, 15) is 19.5 Å². The third-order valence-corrected chi connectivity index (χ3v) is 3.93. The van der Waals surface area contributed by atoms with Gasteiger partial charge in [0.15, 0.2) is 0 Å². The Morgan fingerprint density at radius 2 is 2.00 bits per heavy atom. The summed E-state index contributed by atoms with van der Waals surface area (Å²) in [6, 6.07) is 4.21. The topological polar surface area (TPSA) is 86.7 Å². The number of carbonyl (C=O) groups is 3. The first-order valence-corrected chi connectivity index (χ1v) is 7.74. The number of hydrogen-bond donors (Lipinski definition) is 2. The largest absolute Gasteiger partial charge is 0.480 e. The summed E-state index contributed by atoms with van der Waals surface area (Å²) in [6.07, 6.45) is 1.08. The number of hydrogen-bond acceptors (Lipinski definition) is 3. The Balaban J connectivity index is 2.15. The van der Waals surface area contributed by atoms with Gasteiger partial charge in [0.1, 0.15) is 6.04 Å². The number of amides is 2. The minimum atomic E-state index is -1.03. The standard InChI is InChI=1S/C17H22N2O4/c1-10(2)8-14(17(22)23)18-16(21)13-4-5-15-12(9-13)6-7-19(15)11(3)20/h4-5,9-10,14H,6-8H2,1-3H3,(H,18,21)(H,22,23)/t14-/m0/s1. The molecular formula is C17H22N2O4. The van der Waals surface area contributed by atoms with Crippen molar-refractivity contribution >= 4 is 23.5 Å². The maximum Gasteiger partial charge on any atom is 0.326 e. The summed E-state index contributed by atoms with van der Waals surface area (Å²) < 4.78 is 0. The Kier molecular flexibility index (Phi) is 5.03. The van der Waals surface area contributed by atoms with Crippen LogP contribution in [0.25, 0.3) is 0 Å². The van der Waals surface area contributed by atoms with Crippen LogP contribution in [0.2, 0.25) is 0 Å². The Labute approximate surface area is 135 Å². The van der Waals surface area contributed by atoms with Crippen molar-refractivity contribution in [1.29, 1.82) is 0 Å². The maximum atomic E-state index is 12.3. The number of fused-ring (bicyclic) bond motifs is 1. The molecule has 0 saturated carbocycles. The highest BCUT2D eigenvalue weighted by atomic mass is 16.4. The average molecular weight is 318 g/mol. The van der Waals surface area contributed by atoms with E-state index in [1.807, 2.05) is 13.8 Å². The molecule has 1 heterocycles. The van der Waals surface area contributed by atoms with Gasteiger partial charge in [-0.05, 0) is 42.5 Å². The lowest BCUT2D eigenvalue weighted by molar-refractivity contribution is -0.139. The van der Waals surface area contributed by atoms with E-state index in [4.69, 9.17) is 0 Å². The van der Waals surface area contributed by atoms with Crippen LogP contribution in [0.5, 0.6) is 0 Å². The molecule has 0 fully saturated rings. The van der Waals surface area contributed by atoms with E-state index in [0.29, 0.717) is 24.9 Å². The minimum absolute atomic E-state index is 0.0242. The molecule has 0 unspecified atom stereocenters. The molecule has 23 heavy (non-hydrogen) atoms. The summed E-state index contributed by atoms with van der Waals surface area (Å²) in [5.74, 6) is -1.29. The van der Waals surface area contributed by atoms with E-state index in [2.05, 4.69) is 5.32 Å². The quantitative estimate of drug-likeness (QED) is 0.867. The summed E-state index contributed by atoms with van der Waals surface area (Å²) >= 11 is 0. The van der Waals surface area contributed by atoms with Crippen LogP contribution in [0.3, 0.4) is 0 Å². The summed E-state index contributed by atoms with van der Waals surface area (Å²) in [5, 5.41) is 11.8. The molecule has 124 valence electrons. The Bertz CT molecular complexity index is 639. The number of nitrogens with one attached hydrogen (secondary N) is 1. The molecule has 0 bridgehead atoms. The highest BCUT2D eigenvalue weighted by Crippen LogP contribution is 2.28. The lowest BCUT2D eigenvalue weighted by Gasteiger charge is -2.17. The lowest BCUT2D eigenvalue weighted by atomic mass is 10.0. The van der Waals surface area contributed by atoms with Gasteiger partial charge in [-0.2, -0.15) is 0 Å². The van der Waals surface area contributed by atoms with Gasteiger partial charge >= 0.3 is 5.97 Å². The molecule has 2 amide bonds. The average Bonchev–Trinajstić information content (AvgIpc) is 2.88. The molecule has 1 atom stereocenters. The second-order valence-electron chi connectivity index (χ2n) is 6.26. The van der Waals surface area contributed by atoms with Gasteiger partial charge in [0.2, 0.25) is 5.91 Å². The Morgan fingerprint density at radius 3 is 2.57 bits per heavy atom. The highest BCUT2D eigenvalue weighted by Gasteiger charge is 2.25. The van der Waals surface area contributed by atoms with Gasteiger partial charge in [0.05, 0.1) is 0 Å². The van der Waals surface area contributed by atoms with Gasteiger partial charge in [-0.3, -0.25) is 9.59 Å². The SMILES string of the molecule is CC(=O)N1CCc2cc(C(=O)N[C@@H](CC(C)C)C(=O)O)ccc21. The molecule has 1 aromatic rings. The zero-order chi connectivity index (χ0) is 17.1.